The fraction of sp³-hybridized carbons (Fsp3) is 0. The normalized spacial score (nSPS) is 10.9. The molecule has 1 aromatic heterocycles. The monoisotopic (exact) mass is 402 g/mol. The smallest absolute Gasteiger partial charge is 0.272 e. The van der Waals surface area contributed by atoms with Crippen LogP contribution in [0.15, 0.2) is 64.2 Å². The topological polar surface area (TPSA) is 70.1 Å². The SMILES string of the molecule is O=C(N/N=C/c1ccc(Br)cc1)c1cc(-c2ccc(Cl)cc2)n[nH]1. The molecule has 3 rings (SSSR count). The zero-order chi connectivity index (χ0) is 16.9. The fourth-order valence-electron chi connectivity index (χ4n) is 1.98. The van der Waals surface area contributed by atoms with E-state index in [0.29, 0.717) is 16.4 Å². The van der Waals surface area contributed by atoms with Crippen molar-refractivity contribution in [3.05, 3.63) is 75.4 Å². The maximum absolute atomic E-state index is 12.1. The molecular weight excluding hydrogens is 392 g/mol. The Labute approximate surface area is 151 Å². The van der Waals surface area contributed by atoms with Crippen LogP contribution in [0.4, 0.5) is 0 Å². The highest BCUT2D eigenvalue weighted by atomic mass is 79.9. The van der Waals surface area contributed by atoms with E-state index in [1.807, 2.05) is 36.4 Å². The molecule has 0 saturated heterocycles. The zero-order valence-corrected chi connectivity index (χ0v) is 14.7. The molecule has 0 saturated carbocycles. The number of amides is 1. The second-order valence-corrected chi connectivity index (χ2v) is 6.28. The average molecular weight is 404 g/mol. The van der Waals surface area contributed by atoms with E-state index in [9.17, 15) is 4.79 Å². The van der Waals surface area contributed by atoms with Crippen molar-refractivity contribution in [1.82, 2.24) is 15.6 Å². The number of halogens is 2. The van der Waals surface area contributed by atoms with E-state index in [4.69, 9.17) is 11.6 Å². The lowest BCUT2D eigenvalue weighted by atomic mass is 10.1. The van der Waals surface area contributed by atoms with Crippen LogP contribution in [-0.2, 0) is 0 Å². The third kappa shape index (κ3) is 4.10. The molecule has 2 N–H and O–H groups in total. The Kier molecular flexibility index (Phi) is 5.08. The van der Waals surface area contributed by atoms with Crippen LogP contribution in [0.3, 0.4) is 0 Å². The van der Waals surface area contributed by atoms with Crippen molar-refractivity contribution in [2.45, 2.75) is 0 Å². The second-order valence-electron chi connectivity index (χ2n) is 4.92. The first-order valence-corrected chi connectivity index (χ1v) is 8.19. The molecule has 0 aliphatic carbocycles. The van der Waals surface area contributed by atoms with Crippen LogP contribution in [0.25, 0.3) is 11.3 Å². The molecule has 5 nitrogen and oxygen atoms in total. The number of carbonyl (C=O) groups is 1. The van der Waals surface area contributed by atoms with Gasteiger partial charge < -0.3 is 0 Å². The molecule has 2 aromatic carbocycles. The summed E-state index contributed by atoms with van der Waals surface area (Å²) in [6.07, 6.45) is 1.57. The number of hydrogen-bond acceptors (Lipinski definition) is 3. The highest BCUT2D eigenvalue weighted by Gasteiger charge is 2.10. The van der Waals surface area contributed by atoms with E-state index in [0.717, 1.165) is 15.6 Å². The molecule has 3 aromatic rings. The first kappa shape index (κ1) is 16.4. The lowest BCUT2D eigenvalue weighted by molar-refractivity contribution is 0.0950. The second kappa shape index (κ2) is 7.42. The highest BCUT2D eigenvalue weighted by molar-refractivity contribution is 9.10. The first-order valence-electron chi connectivity index (χ1n) is 7.02. The molecule has 7 heteroatoms. The molecule has 0 bridgehead atoms. The van der Waals surface area contributed by atoms with E-state index in [1.165, 1.54) is 0 Å². The molecule has 24 heavy (non-hydrogen) atoms. The van der Waals surface area contributed by atoms with E-state index < -0.39 is 0 Å². The number of aromatic nitrogens is 2. The van der Waals surface area contributed by atoms with Crippen molar-refractivity contribution in [3.63, 3.8) is 0 Å². The summed E-state index contributed by atoms with van der Waals surface area (Å²) in [6.45, 7) is 0. The summed E-state index contributed by atoms with van der Waals surface area (Å²) in [5.74, 6) is -0.365. The van der Waals surface area contributed by atoms with Gasteiger partial charge in [-0.15, -0.1) is 0 Å². The number of hydrogen-bond donors (Lipinski definition) is 2. The van der Waals surface area contributed by atoms with Crippen molar-refractivity contribution in [2.24, 2.45) is 5.10 Å². The fourth-order valence-corrected chi connectivity index (χ4v) is 2.37. The first-order chi connectivity index (χ1) is 11.6. The standard InChI is InChI=1S/C17H12BrClN4O/c18-13-5-1-11(2-6-13)10-20-23-17(24)16-9-15(21-22-16)12-3-7-14(19)8-4-12/h1-10H,(H,21,22)(H,23,24)/b20-10+. The summed E-state index contributed by atoms with van der Waals surface area (Å²) in [6, 6.07) is 16.4. The molecule has 120 valence electrons. The molecule has 0 unspecified atom stereocenters. The summed E-state index contributed by atoms with van der Waals surface area (Å²) in [5, 5.41) is 11.4. The number of carbonyl (C=O) groups excluding carboxylic acids is 1. The highest BCUT2D eigenvalue weighted by Crippen LogP contribution is 2.20. The van der Waals surface area contributed by atoms with Crippen molar-refractivity contribution in [3.8, 4) is 11.3 Å². The van der Waals surface area contributed by atoms with Gasteiger partial charge in [0.2, 0.25) is 0 Å². The van der Waals surface area contributed by atoms with Crippen LogP contribution < -0.4 is 5.43 Å². The van der Waals surface area contributed by atoms with E-state index in [1.54, 1.807) is 24.4 Å². The number of nitrogens with one attached hydrogen (secondary N) is 2. The van der Waals surface area contributed by atoms with Crippen molar-refractivity contribution < 1.29 is 4.79 Å². The van der Waals surface area contributed by atoms with Gasteiger partial charge in [0.1, 0.15) is 5.69 Å². The van der Waals surface area contributed by atoms with Crippen molar-refractivity contribution in [1.29, 1.82) is 0 Å². The van der Waals surface area contributed by atoms with Gasteiger partial charge in [-0.05, 0) is 35.9 Å². The average Bonchev–Trinajstić information content (AvgIpc) is 3.07. The van der Waals surface area contributed by atoms with Gasteiger partial charge in [0.05, 0.1) is 11.9 Å². The quantitative estimate of drug-likeness (QED) is 0.505. The largest absolute Gasteiger partial charge is 0.289 e. The predicted octanol–water partition coefficient (Wildman–Crippen LogP) is 4.26. The van der Waals surface area contributed by atoms with E-state index in [2.05, 4.69) is 36.7 Å². The Morgan fingerprint density at radius 1 is 1.17 bits per heavy atom. The number of hydrazone groups is 1. The van der Waals surface area contributed by atoms with Gasteiger partial charge in [-0.1, -0.05) is 51.8 Å². The molecule has 0 aliphatic heterocycles. The third-order valence-electron chi connectivity index (χ3n) is 3.21. The molecule has 1 heterocycles. The molecule has 0 fully saturated rings. The molecule has 1 amide bonds. The van der Waals surface area contributed by atoms with Gasteiger partial charge in [0, 0.05) is 15.1 Å². The maximum Gasteiger partial charge on any atom is 0.289 e. The van der Waals surface area contributed by atoms with Gasteiger partial charge in [-0.25, -0.2) is 5.43 Å². The molecular formula is C17H12BrClN4O. The summed E-state index contributed by atoms with van der Waals surface area (Å²) >= 11 is 9.22. The number of nitrogens with zero attached hydrogens (tertiary/aromatic N) is 2. The predicted molar refractivity (Wildman–Crippen MR) is 98.2 cm³/mol. The molecule has 0 aliphatic rings. The molecule has 0 spiro atoms. The van der Waals surface area contributed by atoms with Gasteiger partial charge >= 0.3 is 0 Å². The van der Waals surface area contributed by atoms with Crippen molar-refractivity contribution in [2.75, 3.05) is 0 Å². The minimum absolute atomic E-state index is 0.327. The summed E-state index contributed by atoms with van der Waals surface area (Å²) in [5.41, 5.74) is 5.20. The van der Waals surface area contributed by atoms with Crippen LogP contribution >= 0.6 is 27.5 Å². The Balaban J connectivity index is 1.65. The summed E-state index contributed by atoms with van der Waals surface area (Å²) in [4.78, 5) is 12.1. The number of benzene rings is 2. The van der Waals surface area contributed by atoms with Crippen LogP contribution in [0.2, 0.25) is 5.02 Å². The minimum atomic E-state index is -0.365. The molecule has 0 radical (unpaired) electrons. The number of rotatable bonds is 4. The Morgan fingerprint density at radius 3 is 2.58 bits per heavy atom. The lowest BCUT2D eigenvalue weighted by Crippen LogP contribution is -2.17. The van der Waals surface area contributed by atoms with Crippen LogP contribution in [0.5, 0.6) is 0 Å². The van der Waals surface area contributed by atoms with Crippen LogP contribution in [-0.4, -0.2) is 22.3 Å². The zero-order valence-electron chi connectivity index (χ0n) is 12.3. The maximum atomic E-state index is 12.1. The van der Waals surface area contributed by atoms with Gasteiger partial charge in [-0.2, -0.15) is 10.2 Å². The summed E-state index contributed by atoms with van der Waals surface area (Å²) < 4.78 is 0.982. The lowest BCUT2D eigenvalue weighted by Gasteiger charge is -1.96. The van der Waals surface area contributed by atoms with Crippen molar-refractivity contribution >= 4 is 39.7 Å². The van der Waals surface area contributed by atoms with Gasteiger partial charge in [0.25, 0.3) is 5.91 Å². The summed E-state index contributed by atoms with van der Waals surface area (Å²) in [7, 11) is 0. The number of H-pyrrole nitrogens is 1. The minimum Gasteiger partial charge on any atom is -0.272 e. The van der Waals surface area contributed by atoms with E-state index in [-0.39, 0.29) is 5.91 Å². The Bertz CT molecular complexity index is 872. The number of aromatic amines is 1. The van der Waals surface area contributed by atoms with E-state index >= 15 is 0 Å². The van der Waals surface area contributed by atoms with Crippen LogP contribution in [0, 0.1) is 0 Å². The van der Waals surface area contributed by atoms with Crippen LogP contribution in [0.1, 0.15) is 16.1 Å². The van der Waals surface area contributed by atoms with Gasteiger partial charge in [-0.3, -0.25) is 9.89 Å². The Morgan fingerprint density at radius 2 is 1.88 bits per heavy atom. The Hall–Kier alpha value is -2.44. The molecule has 0 atom stereocenters. The van der Waals surface area contributed by atoms with Gasteiger partial charge in [0.15, 0.2) is 0 Å². The third-order valence-corrected chi connectivity index (χ3v) is 3.99.